The molecule has 472 valence electrons. The molecule has 0 N–H and O–H groups in total. The highest BCUT2D eigenvalue weighted by atomic mass is 32.1. The molecule has 0 aliphatic heterocycles. The average molecular weight is 1350 g/mol. The van der Waals surface area contributed by atoms with Gasteiger partial charge >= 0.3 is 0 Å². The molecule has 0 amide bonds. The third-order valence-electron chi connectivity index (χ3n) is 19.2. The van der Waals surface area contributed by atoms with Gasteiger partial charge in [-0.15, -0.1) is 45.3 Å². The molecule has 0 spiro atoms. The first kappa shape index (κ1) is 59.4. The molecule has 20 rings (SSSR count). The summed E-state index contributed by atoms with van der Waals surface area (Å²) in [6, 6.07) is 132. The van der Waals surface area contributed by atoms with E-state index in [1.165, 1.54) is 108 Å². The number of benzene rings is 16. The Morgan fingerprint density at radius 3 is 0.930 bits per heavy atom. The van der Waals surface area contributed by atoms with Crippen molar-refractivity contribution in [3.8, 4) is 0 Å². The topological polar surface area (TPSA) is 13.0 Å². The van der Waals surface area contributed by atoms with Gasteiger partial charge in [-0.2, -0.15) is 0 Å². The summed E-state index contributed by atoms with van der Waals surface area (Å²) in [6.07, 6.45) is 0. The van der Waals surface area contributed by atoms with E-state index in [9.17, 15) is 0 Å². The number of rotatable bonds is 12. The Kier molecular flexibility index (Phi) is 15.0. The fourth-order valence-electron chi connectivity index (χ4n) is 14.6. The number of hydrogen-bond donors (Lipinski definition) is 0. The van der Waals surface area contributed by atoms with Gasteiger partial charge in [0.25, 0.3) is 0 Å². The second-order valence-corrected chi connectivity index (χ2v) is 29.4. The van der Waals surface area contributed by atoms with Crippen molar-refractivity contribution in [1.29, 1.82) is 0 Å². The summed E-state index contributed by atoms with van der Waals surface area (Å²) >= 11 is 7.50. The zero-order valence-electron chi connectivity index (χ0n) is 54.1. The van der Waals surface area contributed by atoms with Crippen molar-refractivity contribution in [3.63, 3.8) is 0 Å². The Labute approximate surface area is 594 Å². The molecular weight excluding hydrogens is 1290 g/mol. The summed E-state index contributed by atoms with van der Waals surface area (Å²) in [6.45, 7) is 0. The van der Waals surface area contributed by atoms with Crippen LogP contribution in [0.15, 0.2) is 364 Å². The molecule has 0 radical (unpaired) electrons. The average Bonchev–Trinajstić information content (AvgIpc) is 1.54. The van der Waals surface area contributed by atoms with Crippen molar-refractivity contribution in [3.05, 3.63) is 364 Å². The zero-order valence-corrected chi connectivity index (χ0v) is 57.3. The Morgan fingerprint density at radius 2 is 0.450 bits per heavy atom. The quantitative estimate of drug-likeness (QED) is 0.121. The number of thiophene rings is 4. The summed E-state index contributed by atoms with van der Waals surface area (Å²) in [5.41, 5.74) is 13.8. The fraction of sp³-hybridized carbons (Fsp3) is 0. The van der Waals surface area contributed by atoms with Crippen LogP contribution in [0.1, 0.15) is 0 Å². The van der Waals surface area contributed by atoms with Crippen LogP contribution in [0.2, 0.25) is 0 Å². The van der Waals surface area contributed by atoms with E-state index in [-0.39, 0.29) is 0 Å². The zero-order chi connectivity index (χ0) is 66.0. The van der Waals surface area contributed by atoms with Gasteiger partial charge in [-0.25, -0.2) is 0 Å². The molecule has 20 aromatic rings. The summed E-state index contributed by atoms with van der Waals surface area (Å²) in [5, 5.41) is 15.5. The Hall–Kier alpha value is -11.9. The summed E-state index contributed by atoms with van der Waals surface area (Å²) in [4.78, 5) is 9.51. The Bertz CT molecular complexity index is 6350. The first-order chi connectivity index (χ1) is 49.6. The maximum Gasteiger partial charge on any atom is 0.0547 e. The second-order valence-electron chi connectivity index (χ2n) is 25.1. The highest BCUT2D eigenvalue weighted by molar-refractivity contribution is 7.27. The highest BCUT2D eigenvalue weighted by Gasteiger charge is 2.23. The lowest BCUT2D eigenvalue weighted by Crippen LogP contribution is -2.10. The number of anilines is 12. The molecule has 0 bridgehead atoms. The van der Waals surface area contributed by atoms with Crippen molar-refractivity contribution in [2.75, 3.05) is 19.6 Å². The highest BCUT2D eigenvalue weighted by Crippen LogP contribution is 2.50. The van der Waals surface area contributed by atoms with Gasteiger partial charge in [0.05, 0.1) is 5.69 Å². The predicted octanol–water partition coefficient (Wildman–Crippen LogP) is 29.0. The molecule has 8 heteroatoms. The molecule has 100 heavy (non-hydrogen) atoms. The Morgan fingerprint density at radius 1 is 0.150 bits per heavy atom. The van der Waals surface area contributed by atoms with Crippen molar-refractivity contribution in [1.82, 2.24) is 0 Å². The van der Waals surface area contributed by atoms with Crippen molar-refractivity contribution >= 4 is 216 Å². The SMILES string of the molecule is c1ccc(N(c2ccccc2)c2ccc3sc4cc(N(c5ccccc5)c5cc6c7ccccc7sc6c6ccccc56)ccc4c3c2)cc1.c1ccc(N(c2ccccc2)c2ccc3sc4cc(N(c5ccccc5)c5ccc6sc7c8ccccc8ccc7c6c5)ccc4c3c2)cc1. The number of hydrogen-bond acceptors (Lipinski definition) is 8. The maximum atomic E-state index is 2.44. The number of para-hydroxylation sites is 6. The lowest BCUT2D eigenvalue weighted by atomic mass is 10.0. The van der Waals surface area contributed by atoms with E-state index in [0.717, 1.165) is 62.6 Å². The molecule has 0 fully saturated rings. The third-order valence-corrected chi connectivity index (χ3v) is 23.9. The van der Waals surface area contributed by atoms with Gasteiger partial charge in [-0.05, 0) is 175 Å². The molecule has 0 aliphatic rings. The Balaban J connectivity index is 0.000000139. The normalized spacial score (nSPS) is 11.6. The van der Waals surface area contributed by atoms with E-state index in [2.05, 4.69) is 384 Å². The molecule has 0 atom stereocenters. The molecule has 0 saturated carbocycles. The monoisotopic (exact) mass is 1350 g/mol. The second kappa shape index (κ2) is 25.2. The maximum absolute atomic E-state index is 2.44. The minimum absolute atomic E-state index is 1.14. The lowest BCUT2D eigenvalue weighted by molar-refractivity contribution is 1.29. The van der Waals surface area contributed by atoms with Crippen LogP contribution in [-0.2, 0) is 0 Å². The minimum Gasteiger partial charge on any atom is -0.310 e. The van der Waals surface area contributed by atoms with Crippen LogP contribution in [0.3, 0.4) is 0 Å². The van der Waals surface area contributed by atoms with Crippen LogP contribution in [0.5, 0.6) is 0 Å². The van der Waals surface area contributed by atoms with Gasteiger partial charge in [0, 0.05) is 154 Å². The lowest BCUT2D eigenvalue weighted by Gasteiger charge is -2.27. The molecule has 16 aromatic carbocycles. The van der Waals surface area contributed by atoms with Crippen molar-refractivity contribution in [2.24, 2.45) is 0 Å². The molecule has 0 unspecified atom stereocenters. The molecular formula is C92H60N4S4. The molecule has 4 aromatic heterocycles. The summed E-state index contributed by atoms with van der Waals surface area (Å²) < 4.78 is 10.4. The smallest absolute Gasteiger partial charge is 0.0547 e. The fourth-order valence-corrected chi connectivity index (χ4v) is 19.3. The molecule has 4 heterocycles. The first-order valence-corrected chi connectivity index (χ1v) is 37.0. The van der Waals surface area contributed by atoms with Crippen molar-refractivity contribution in [2.45, 2.75) is 0 Å². The van der Waals surface area contributed by atoms with E-state index in [4.69, 9.17) is 0 Å². The van der Waals surface area contributed by atoms with Gasteiger partial charge < -0.3 is 19.6 Å². The van der Waals surface area contributed by atoms with Gasteiger partial charge in [0.1, 0.15) is 0 Å². The third kappa shape index (κ3) is 10.6. The van der Waals surface area contributed by atoms with Crippen LogP contribution in [0, 0.1) is 0 Å². The van der Waals surface area contributed by atoms with Crippen LogP contribution in [0.25, 0.3) is 102 Å². The number of nitrogens with zero attached hydrogens (tertiary/aromatic N) is 4. The standard InChI is InChI=1S/2C46H30N2S2/c1-4-14-31(15-5-1)47(32-16-6-2-7-17-32)34-25-27-44-40(28-34)38-26-24-35(29-45(38)49-44)48(33-18-8-3-9-19-33)42-30-41-37-21-12-13-23-43(37)50-46(41)39-22-11-10-20-36(39)42;1-4-13-32(14-5-1)47(33-15-6-2-7-16-33)35-22-26-43-41(28-35)39-25-21-37(30-45(39)49-43)48(34-17-8-3-9-18-34)36-23-27-44-42(29-36)40-24-20-31-12-10-11-19-38(31)46(40)50-44/h2*1-30H. The van der Waals surface area contributed by atoms with Crippen LogP contribution in [0.4, 0.5) is 68.2 Å². The minimum atomic E-state index is 1.14. The predicted molar refractivity (Wildman–Crippen MR) is 438 cm³/mol. The van der Waals surface area contributed by atoms with E-state index >= 15 is 0 Å². The largest absolute Gasteiger partial charge is 0.310 e. The van der Waals surface area contributed by atoms with Crippen LogP contribution in [-0.4, -0.2) is 0 Å². The van der Waals surface area contributed by atoms with E-state index in [1.807, 2.05) is 45.3 Å². The van der Waals surface area contributed by atoms with Crippen LogP contribution >= 0.6 is 45.3 Å². The van der Waals surface area contributed by atoms with E-state index in [1.54, 1.807) is 0 Å². The van der Waals surface area contributed by atoms with Gasteiger partial charge in [0.2, 0.25) is 0 Å². The van der Waals surface area contributed by atoms with E-state index in [0.29, 0.717) is 0 Å². The molecule has 0 saturated heterocycles. The van der Waals surface area contributed by atoms with Gasteiger partial charge in [0.15, 0.2) is 0 Å². The van der Waals surface area contributed by atoms with E-state index < -0.39 is 0 Å². The molecule has 4 nitrogen and oxygen atoms in total. The van der Waals surface area contributed by atoms with Crippen LogP contribution < -0.4 is 19.6 Å². The first-order valence-electron chi connectivity index (χ1n) is 33.7. The molecule has 0 aliphatic carbocycles. The van der Waals surface area contributed by atoms with Crippen molar-refractivity contribution < 1.29 is 0 Å². The summed E-state index contributed by atoms with van der Waals surface area (Å²) in [7, 11) is 0. The van der Waals surface area contributed by atoms with Gasteiger partial charge in [-0.3, -0.25) is 0 Å². The summed E-state index contributed by atoms with van der Waals surface area (Å²) in [5.74, 6) is 0. The number of fused-ring (bicyclic) bond motifs is 16. The van der Waals surface area contributed by atoms with Gasteiger partial charge in [-0.1, -0.05) is 200 Å².